The Balaban J connectivity index is 1.47. The van der Waals surface area contributed by atoms with E-state index in [0.717, 1.165) is 56.2 Å². The number of halogens is 1. The molecule has 2 aromatic heterocycles. The molecule has 0 saturated carbocycles. The average Bonchev–Trinajstić information content (AvgIpc) is 3.36. The first kappa shape index (κ1) is 24.9. The van der Waals surface area contributed by atoms with Gasteiger partial charge in [0, 0.05) is 42.8 Å². The van der Waals surface area contributed by atoms with Crippen molar-refractivity contribution in [2.45, 2.75) is 50.6 Å². The summed E-state index contributed by atoms with van der Waals surface area (Å²) in [6, 6.07) is 5.68. The van der Waals surface area contributed by atoms with Gasteiger partial charge in [0.1, 0.15) is 17.8 Å². The minimum absolute atomic E-state index is 0.0647. The number of piperazine rings is 1. The van der Waals surface area contributed by atoms with E-state index in [4.69, 9.17) is 4.74 Å². The molecule has 0 spiro atoms. The zero-order valence-electron chi connectivity index (χ0n) is 21.6. The number of aryl methyl sites for hydroxylation is 1. The van der Waals surface area contributed by atoms with Crippen LogP contribution in [0.3, 0.4) is 0 Å². The Kier molecular flexibility index (Phi) is 6.84. The van der Waals surface area contributed by atoms with Gasteiger partial charge in [-0.05, 0) is 63.2 Å². The minimum atomic E-state index is -1.04. The van der Waals surface area contributed by atoms with Gasteiger partial charge in [0.2, 0.25) is 0 Å². The number of carbonyl (C=O) groups is 1. The number of ether oxygens (including phenoxy) is 1. The highest BCUT2D eigenvalue weighted by molar-refractivity contribution is 5.86. The average molecular weight is 521 g/mol. The van der Waals surface area contributed by atoms with E-state index in [1.165, 1.54) is 10.5 Å². The van der Waals surface area contributed by atoms with Crippen LogP contribution >= 0.6 is 0 Å². The van der Waals surface area contributed by atoms with Crippen LogP contribution in [-0.4, -0.2) is 81.8 Å². The molecule has 4 heterocycles. The third-order valence-electron chi connectivity index (χ3n) is 8.23. The molecule has 9 nitrogen and oxygen atoms in total. The molecule has 200 valence electrons. The first-order valence-electron chi connectivity index (χ1n) is 13.5. The fourth-order valence-electron chi connectivity index (χ4n) is 6.11. The van der Waals surface area contributed by atoms with Gasteiger partial charge in [0.15, 0.2) is 5.82 Å². The van der Waals surface area contributed by atoms with Crippen molar-refractivity contribution in [1.29, 1.82) is 0 Å². The highest BCUT2D eigenvalue weighted by atomic mass is 19.1. The molecule has 6 rings (SSSR count). The fraction of sp³-hybridized carbons (Fsp3) is 0.500. The van der Waals surface area contributed by atoms with Crippen molar-refractivity contribution in [2.24, 2.45) is 0 Å². The van der Waals surface area contributed by atoms with E-state index in [-0.39, 0.29) is 23.3 Å². The summed E-state index contributed by atoms with van der Waals surface area (Å²) in [4.78, 5) is 29.4. The molecule has 38 heavy (non-hydrogen) atoms. The Morgan fingerprint density at radius 2 is 2.08 bits per heavy atom. The Morgan fingerprint density at radius 3 is 2.89 bits per heavy atom. The third-order valence-corrected chi connectivity index (χ3v) is 8.23. The number of carboxylic acid groups (broad SMARTS) is 1. The number of hydrogen-bond donors (Lipinski definition) is 2. The normalized spacial score (nSPS) is 22.0. The van der Waals surface area contributed by atoms with Crippen molar-refractivity contribution in [3.05, 3.63) is 47.0 Å². The zero-order valence-corrected chi connectivity index (χ0v) is 21.6. The third kappa shape index (κ3) is 4.56. The SMILES string of the molecule is CN1CCC[C@H]1COc1nc(C2CNCCN2C(=O)O)c2cnc(-c3cccc4c3CCCC4)c(F)c2n1. The van der Waals surface area contributed by atoms with Crippen LogP contribution in [0.4, 0.5) is 9.18 Å². The maximum atomic E-state index is 16.3. The van der Waals surface area contributed by atoms with E-state index >= 15 is 4.39 Å². The van der Waals surface area contributed by atoms with Gasteiger partial charge >= 0.3 is 12.1 Å². The maximum absolute atomic E-state index is 16.3. The van der Waals surface area contributed by atoms with Crippen LogP contribution < -0.4 is 10.1 Å². The quantitative estimate of drug-likeness (QED) is 0.524. The smallest absolute Gasteiger partial charge is 0.407 e. The van der Waals surface area contributed by atoms with Crippen LogP contribution in [0.2, 0.25) is 0 Å². The fourth-order valence-corrected chi connectivity index (χ4v) is 6.11. The molecule has 3 aliphatic rings. The molecule has 2 atom stereocenters. The minimum Gasteiger partial charge on any atom is -0.465 e. The van der Waals surface area contributed by atoms with Gasteiger partial charge in [0.05, 0.1) is 11.7 Å². The molecule has 2 fully saturated rings. The summed E-state index contributed by atoms with van der Waals surface area (Å²) < 4.78 is 22.4. The first-order chi connectivity index (χ1) is 18.5. The van der Waals surface area contributed by atoms with Gasteiger partial charge in [-0.2, -0.15) is 9.97 Å². The largest absolute Gasteiger partial charge is 0.465 e. The summed E-state index contributed by atoms with van der Waals surface area (Å²) >= 11 is 0. The number of likely N-dealkylation sites (tertiary alicyclic amines) is 1. The van der Waals surface area contributed by atoms with Crippen LogP contribution in [0.5, 0.6) is 6.01 Å². The number of aromatic nitrogens is 3. The number of amides is 1. The number of rotatable bonds is 5. The monoisotopic (exact) mass is 520 g/mol. The highest BCUT2D eigenvalue weighted by Crippen LogP contribution is 2.36. The van der Waals surface area contributed by atoms with Crippen molar-refractivity contribution >= 4 is 17.0 Å². The lowest BCUT2D eigenvalue weighted by Crippen LogP contribution is -2.48. The molecular formula is C28H33FN6O3. The predicted molar refractivity (Wildman–Crippen MR) is 141 cm³/mol. The van der Waals surface area contributed by atoms with E-state index in [2.05, 4.69) is 38.3 Å². The maximum Gasteiger partial charge on any atom is 0.407 e. The van der Waals surface area contributed by atoms with Gasteiger partial charge in [0.25, 0.3) is 0 Å². The van der Waals surface area contributed by atoms with Crippen molar-refractivity contribution in [1.82, 2.24) is 30.1 Å². The molecule has 2 aliphatic heterocycles. The Labute approximate surface area is 221 Å². The summed E-state index contributed by atoms with van der Waals surface area (Å²) in [5, 5.41) is 13.5. The number of nitrogens with zero attached hydrogens (tertiary/aromatic N) is 5. The molecular weight excluding hydrogens is 487 g/mol. The van der Waals surface area contributed by atoms with E-state index in [0.29, 0.717) is 37.3 Å². The molecule has 1 aromatic carbocycles. The van der Waals surface area contributed by atoms with Crippen LogP contribution in [0.1, 0.15) is 48.5 Å². The topological polar surface area (TPSA) is 104 Å². The summed E-state index contributed by atoms with van der Waals surface area (Å²) in [7, 11) is 2.06. The van der Waals surface area contributed by atoms with E-state index in [1.54, 1.807) is 6.20 Å². The van der Waals surface area contributed by atoms with Gasteiger partial charge in [-0.25, -0.2) is 9.18 Å². The molecule has 1 aliphatic carbocycles. The van der Waals surface area contributed by atoms with Crippen molar-refractivity contribution < 1.29 is 19.0 Å². The van der Waals surface area contributed by atoms with E-state index in [9.17, 15) is 9.90 Å². The highest BCUT2D eigenvalue weighted by Gasteiger charge is 2.32. The number of pyridine rings is 1. The molecule has 10 heteroatoms. The first-order valence-corrected chi connectivity index (χ1v) is 13.5. The second-order valence-electron chi connectivity index (χ2n) is 10.5. The van der Waals surface area contributed by atoms with E-state index < -0.39 is 18.0 Å². The van der Waals surface area contributed by atoms with Gasteiger partial charge in [-0.3, -0.25) is 9.88 Å². The van der Waals surface area contributed by atoms with Gasteiger partial charge < -0.3 is 20.1 Å². The molecule has 2 saturated heterocycles. The Morgan fingerprint density at radius 1 is 1.21 bits per heavy atom. The van der Waals surface area contributed by atoms with E-state index in [1.807, 2.05) is 12.1 Å². The predicted octanol–water partition coefficient (Wildman–Crippen LogP) is 3.81. The second kappa shape index (κ2) is 10.4. The van der Waals surface area contributed by atoms with Gasteiger partial charge in [-0.1, -0.05) is 18.2 Å². The molecule has 0 radical (unpaired) electrons. The molecule has 2 N–H and O–H groups in total. The summed E-state index contributed by atoms with van der Waals surface area (Å²) in [6.07, 6.45) is 6.74. The number of nitrogens with one attached hydrogen (secondary N) is 1. The van der Waals surface area contributed by atoms with Crippen LogP contribution in [0.15, 0.2) is 24.4 Å². The van der Waals surface area contributed by atoms with Crippen LogP contribution in [0, 0.1) is 5.82 Å². The van der Waals surface area contributed by atoms with Crippen molar-refractivity contribution in [2.75, 3.05) is 39.8 Å². The molecule has 0 bridgehead atoms. The molecule has 3 aromatic rings. The van der Waals surface area contributed by atoms with Crippen LogP contribution in [-0.2, 0) is 12.8 Å². The van der Waals surface area contributed by atoms with Crippen molar-refractivity contribution in [3.8, 4) is 17.3 Å². The summed E-state index contributed by atoms with van der Waals surface area (Å²) in [5.74, 6) is -0.529. The lowest BCUT2D eigenvalue weighted by molar-refractivity contribution is 0.111. The summed E-state index contributed by atoms with van der Waals surface area (Å²) in [6.45, 7) is 2.60. The lowest BCUT2D eigenvalue weighted by atomic mass is 9.87. The lowest BCUT2D eigenvalue weighted by Gasteiger charge is -2.34. The number of hydrogen-bond acceptors (Lipinski definition) is 7. The van der Waals surface area contributed by atoms with Crippen LogP contribution in [0.25, 0.3) is 22.2 Å². The Bertz CT molecular complexity index is 1370. The number of fused-ring (bicyclic) bond motifs is 2. The van der Waals surface area contributed by atoms with Gasteiger partial charge in [-0.15, -0.1) is 0 Å². The second-order valence-corrected chi connectivity index (χ2v) is 10.5. The Hall–Kier alpha value is -3.37. The zero-order chi connectivity index (χ0) is 26.2. The standard InChI is InChI=1S/C28H33FN6O3/c1-34-12-5-8-18(34)16-38-27-32-24(22-15-30-11-13-35(22)28(36)37)21-14-31-25(23(29)26(21)33-27)20-10-4-7-17-6-2-3-9-19(17)20/h4,7,10,14,18,22,30H,2-3,5-6,8-9,11-13,15-16H2,1H3,(H,36,37)/t18-,22?/m0/s1. The summed E-state index contributed by atoms with van der Waals surface area (Å²) in [5.41, 5.74) is 3.97. The number of benzene rings is 1. The molecule has 1 amide bonds. The molecule has 1 unspecified atom stereocenters. The number of likely N-dealkylation sites (N-methyl/N-ethyl adjacent to an activating group) is 1. The van der Waals surface area contributed by atoms with Crippen molar-refractivity contribution in [3.63, 3.8) is 0 Å².